The van der Waals surface area contributed by atoms with Crippen molar-refractivity contribution in [1.29, 1.82) is 0 Å². The highest BCUT2D eigenvalue weighted by atomic mass is 35.5. The maximum atomic E-state index is 14.0. The van der Waals surface area contributed by atoms with Crippen molar-refractivity contribution in [3.05, 3.63) is 81.9 Å². The largest absolute Gasteiger partial charge is 0.341 e. The van der Waals surface area contributed by atoms with Gasteiger partial charge in [0.2, 0.25) is 5.91 Å². The fourth-order valence-electron chi connectivity index (χ4n) is 2.79. The molecule has 0 aliphatic rings. The van der Waals surface area contributed by atoms with Gasteiger partial charge in [-0.25, -0.2) is 9.37 Å². The van der Waals surface area contributed by atoms with Gasteiger partial charge in [-0.1, -0.05) is 47.6 Å². The quantitative estimate of drug-likeness (QED) is 0.321. The van der Waals surface area contributed by atoms with Crippen LogP contribution < -0.4 is 5.56 Å². The number of halogens is 2. The molecule has 0 radical (unpaired) electrons. The van der Waals surface area contributed by atoms with Crippen molar-refractivity contribution in [3.63, 3.8) is 0 Å². The molecule has 5 nitrogen and oxygen atoms in total. The third kappa shape index (κ3) is 4.68. The predicted molar refractivity (Wildman–Crippen MR) is 115 cm³/mol. The number of carbonyl (C=O) groups excluding carboxylic acids is 1. The minimum atomic E-state index is -0.458. The number of thioether (sulfide) groups is 1. The van der Waals surface area contributed by atoms with Crippen molar-refractivity contribution < 1.29 is 9.18 Å². The number of fused-ring (bicyclic) bond motifs is 1. The SMILES string of the molecule is C=CCn1c(SCC(=O)N(C)Cc2c(F)cccc2Cl)nc2ccccc2c1=O. The first kappa shape index (κ1) is 21.1. The summed E-state index contributed by atoms with van der Waals surface area (Å²) in [6.45, 7) is 4.02. The number of allylic oxidation sites excluding steroid dienone is 1. The molecular formula is C21H19ClFN3O2S. The summed E-state index contributed by atoms with van der Waals surface area (Å²) in [5, 5.41) is 1.21. The Morgan fingerprint density at radius 2 is 2.07 bits per heavy atom. The van der Waals surface area contributed by atoms with Crippen molar-refractivity contribution in [2.45, 2.75) is 18.2 Å². The summed E-state index contributed by atoms with van der Waals surface area (Å²) < 4.78 is 15.5. The Balaban J connectivity index is 1.79. The van der Waals surface area contributed by atoms with E-state index in [0.29, 0.717) is 16.1 Å². The molecule has 29 heavy (non-hydrogen) atoms. The first-order valence-electron chi connectivity index (χ1n) is 8.82. The van der Waals surface area contributed by atoms with Crippen molar-refractivity contribution in [3.8, 4) is 0 Å². The van der Waals surface area contributed by atoms with Crippen LogP contribution in [-0.2, 0) is 17.9 Å². The summed E-state index contributed by atoms with van der Waals surface area (Å²) in [6.07, 6.45) is 1.61. The lowest BCUT2D eigenvalue weighted by Crippen LogP contribution is -2.29. The monoisotopic (exact) mass is 431 g/mol. The standard InChI is InChI=1S/C21H19ClFN3O2S/c1-3-11-26-20(28)14-7-4-5-10-18(14)24-21(26)29-13-19(27)25(2)12-15-16(22)8-6-9-17(15)23/h3-10H,1,11-13H2,2H3. The summed E-state index contributed by atoms with van der Waals surface area (Å²) in [5.41, 5.74) is 0.651. The molecule has 1 aromatic heterocycles. The fraction of sp³-hybridized carbons (Fsp3) is 0.190. The molecule has 0 aliphatic heterocycles. The van der Waals surface area contributed by atoms with Gasteiger partial charge in [-0.3, -0.25) is 14.2 Å². The summed E-state index contributed by atoms with van der Waals surface area (Å²) in [5.74, 6) is -0.646. The van der Waals surface area contributed by atoms with Gasteiger partial charge >= 0.3 is 0 Å². The van der Waals surface area contributed by atoms with E-state index in [4.69, 9.17) is 11.6 Å². The van der Waals surface area contributed by atoms with Crippen LogP contribution in [-0.4, -0.2) is 33.2 Å². The van der Waals surface area contributed by atoms with Crippen molar-refractivity contribution in [2.24, 2.45) is 0 Å². The van der Waals surface area contributed by atoms with E-state index in [1.807, 2.05) is 0 Å². The number of benzene rings is 2. The molecule has 0 saturated heterocycles. The first-order chi connectivity index (χ1) is 13.9. The Bertz CT molecular complexity index is 1110. The van der Waals surface area contributed by atoms with Gasteiger partial charge < -0.3 is 4.90 Å². The van der Waals surface area contributed by atoms with E-state index in [0.717, 1.165) is 11.8 Å². The molecule has 0 spiro atoms. The van der Waals surface area contributed by atoms with Crippen LogP contribution in [0.25, 0.3) is 10.9 Å². The third-order valence-corrected chi connectivity index (χ3v) is 5.66. The zero-order chi connectivity index (χ0) is 21.0. The zero-order valence-electron chi connectivity index (χ0n) is 15.8. The van der Waals surface area contributed by atoms with Crippen molar-refractivity contribution in [1.82, 2.24) is 14.5 Å². The second-order valence-corrected chi connectivity index (χ2v) is 7.70. The van der Waals surface area contributed by atoms with E-state index < -0.39 is 5.82 Å². The van der Waals surface area contributed by atoms with Crippen LogP contribution in [0.1, 0.15) is 5.56 Å². The Labute approximate surface area is 176 Å². The van der Waals surface area contributed by atoms with E-state index in [9.17, 15) is 14.0 Å². The second-order valence-electron chi connectivity index (χ2n) is 6.35. The van der Waals surface area contributed by atoms with Crippen molar-refractivity contribution >= 4 is 40.2 Å². The highest BCUT2D eigenvalue weighted by Crippen LogP contribution is 2.22. The second kappa shape index (κ2) is 9.24. The number of hydrogen-bond donors (Lipinski definition) is 0. The number of carbonyl (C=O) groups is 1. The van der Waals surface area contributed by atoms with E-state index in [1.165, 1.54) is 21.6 Å². The minimum absolute atomic E-state index is 0.0461. The fourth-order valence-corrected chi connectivity index (χ4v) is 3.97. The van der Waals surface area contributed by atoms with Crippen LogP contribution in [0.4, 0.5) is 4.39 Å². The summed E-state index contributed by atoms with van der Waals surface area (Å²) >= 11 is 7.20. The maximum Gasteiger partial charge on any atom is 0.262 e. The normalized spacial score (nSPS) is 10.9. The number of amides is 1. The highest BCUT2D eigenvalue weighted by molar-refractivity contribution is 7.99. The molecule has 3 aromatic rings. The predicted octanol–water partition coefficient (Wildman–Crippen LogP) is 4.13. The number of para-hydroxylation sites is 1. The molecule has 0 aliphatic carbocycles. The molecule has 0 fully saturated rings. The molecule has 0 unspecified atom stereocenters. The molecule has 0 saturated carbocycles. The van der Waals surface area contributed by atoms with Crippen LogP contribution in [0.2, 0.25) is 5.02 Å². The van der Waals surface area contributed by atoms with Gasteiger partial charge in [-0.2, -0.15) is 0 Å². The molecule has 0 N–H and O–H groups in total. The van der Waals surface area contributed by atoms with Crippen LogP contribution in [0.15, 0.2) is 65.1 Å². The molecule has 150 valence electrons. The van der Waals surface area contributed by atoms with Crippen LogP contribution in [0.3, 0.4) is 0 Å². The Hall–Kier alpha value is -2.64. The highest BCUT2D eigenvalue weighted by Gasteiger charge is 2.17. The van der Waals surface area contributed by atoms with Gasteiger partial charge in [0.05, 0.1) is 16.7 Å². The average Bonchev–Trinajstić information content (AvgIpc) is 2.71. The van der Waals surface area contributed by atoms with Gasteiger partial charge in [0.1, 0.15) is 5.82 Å². The third-order valence-electron chi connectivity index (χ3n) is 4.35. The molecular weight excluding hydrogens is 413 g/mol. The Morgan fingerprint density at radius 3 is 2.79 bits per heavy atom. The maximum absolute atomic E-state index is 14.0. The minimum Gasteiger partial charge on any atom is -0.341 e. The average molecular weight is 432 g/mol. The number of nitrogens with zero attached hydrogens (tertiary/aromatic N) is 3. The lowest BCUT2D eigenvalue weighted by Gasteiger charge is -2.19. The van der Waals surface area contributed by atoms with E-state index in [1.54, 1.807) is 43.5 Å². The van der Waals surface area contributed by atoms with Gasteiger partial charge in [0.25, 0.3) is 5.56 Å². The number of aromatic nitrogens is 2. The molecule has 8 heteroatoms. The molecule has 3 rings (SSSR count). The molecule has 2 aromatic carbocycles. The van der Waals surface area contributed by atoms with E-state index in [-0.39, 0.29) is 40.9 Å². The molecule has 0 bridgehead atoms. The van der Waals surface area contributed by atoms with Gasteiger partial charge in [0, 0.05) is 30.7 Å². The van der Waals surface area contributed by atoms with Crippen LogP contribution in [0.5, 0.6) is 0 Å². The molecule has 1 heterocycles. The number of hydrogen-bond acceptors (Lipinski definition) is 4. The van der Waals surface area contributed by atoms with Gasteiger partial charge in [-0.15, -0.1) is 6.58 Å². The number of rotatable bonds is 7. The summed E-state index contributed by atoms with van der Waals surface area (Å²) in [7, 11) is 1.58. The van der Waals surface area contributed by atoms with Crippen LogP contribution in [0, 0.1) is 5.82 Å². The Morgan fingerprint density at radius 1 is 1.31 bits per heavy atom. The Kier molecular flexibility index (Phi) is 6.71. The zero-order valence-corrected chi connectivity index (χ0v) is 17.3. The van der Waals surface area contributed by atoms with Gasteiger partial charge in [0.15, 0.2) is 5.16 Å². The van der Waals surface area contributed by atoms with Crippen LogP contribution >= 0.6 is 23.4 Å². The lowest BCUT2D eigenvalue weighted by atomic mass is 10.2. The molecule has 1 amide bonds. The summed E-state index contributed by atoms with van der Waals surface area (Å²) in [4.78, 5) is 31.2. The van der Waals surface area contributed by atoms with E-state index >= 15 is 0 Å². The topological polar surface area (TPSA) is 55.2 Å². The summed E-state index contributed by atoms with van der Waals surface area (Å²) in [6, 6.07) is 11.5. The lowest BCUT2D eigenvalue weighted by molar-refractivity contribution is -0.127. The van der Waals surface area contributed by atoms with E-state index in [2.05, 4.69) is 11.6 Å². The molecule has 0 atom stereocenters. The first-order valence-corrected chi connectivity index (χ1v) is 10.2. The van der Waals surface area contributed by atoms with Gasteiger partial charge in [-0.05, 0) is 24.3 Å². The van der Waals surface area contributed by atoms with Crippen molar-refractivity contribution in [2.75, 3.05) is 12.8 Å². The smallest absolute Gasteiger partial charge is 0.262 e.